The molecule has 1 aromatic heterocycles. The molecule has 0 aliphatic carbocycles. The number of nitrogens with zero attached hydrogens (tertiary/aromatic N) is 2. The van der Waals surface area contributed by atoms with E-state index in [9.17, 15) is 14.4 Å². The lowest BCUT2D eigenvalue weighted by atomic mass is 10.1. The van der Waals surface area contributed by atoms with Crippen LogP contribution in [-0.4, -0.2) is 63.2 Å². The van der Waals surface area contributed by atoms with Gasteiger partial charge in [-0.1, -0.05) is 0 Å². The van der Waals surface area contributed by atoms with Gasteiger partial charge in [-0.2, -0.15) is 9.97 Å². The number of benzene rings is 1. The van der Waals surface area contributed by atoms with Gasteiger partial charge in [0.1, 0.15) is 11.7 Å². The number of nitrogen functional groups attached to an aromatic ring is 2. The molecule has 170 valence electrons. The molecule has 0 saturated heterocycles. The number of aliphatic carboxylic acids is 2. The second-order valence-corrected chi connectivity index (χ2v) is 7.17. The zero-order chi connectivity index (χ0) is 23.3. The number of anilines is 5. The number of hydrogen-bond acceptors (Lipinski definition) is 10. The number of carboxylic acids is 2. The Hall–Kier alpha value is -4.29. The van der Waals surface area contributed by atoms with Crippen molar-refractivity contribution in [2.75, 3.05) is 40.5 Å². The van der Waals surface area contributed by atoms with Gasteiger partial charge in [0.05, 0.1) is 6.04 Å². The molecule has 1 aliphatic rings. The largest absolute Gasteiger partial charge is 0.481 e. The van der Waals surface area contributed by atoms with Gasteiger partial charge in [-0.05, 0) is 30.7 Å². The fraction of sp³-hybridized carbons (Fsp3) is 0.316. The highest BCUT2D eigenvalue weighted by Gasteiger charge is 2.23. The van der Waals surface area contributed by atoms with Gasteiger partial charge in [0.15, 0.2) is 11.6 Å². The molecule has 0 radical (unpaired) electrons. The maximum Gasteiger partial charge on any atom is 0.326 e. The van der Waals surface area contributed by atoms with E-state index >= 15 is 0 Å². The maximum atomic E-state index is 12.3. The number of rotatable bonds is 9. The van der Waals surface area contributed by atoms with E-state index in [1.165, 1.54) is 0 Å². The lowest BCUT2D eigenvalue weighted by molar-refractivity contribution is -0.140. The summed E-state index contributed by atoms with van der Waals surface area (Å²) in [5, 5.41) is 29.8. The molecule has 10 N–H and O–H groups in total. The summed E-state index contributed by atoms with van der Waals surface area (Å²) in [5.74, 6) is -2.13. The van der Waals surface area contributed by atoms with Crippen molar-refractivity contribution in [3.8, 4) is 0 Å². The van der Waals surface area contributed by atoms with Crippen LogP contribution in [0.5, 0.6) is 0 Å². The number of carbonyl (C=O) groups excluding carboxylic acids is 1. The number of carbonyl (C=O) groups is 3. The van der Waals surface area contributed by atoms with Gasteiger partial charge in [0.2, 0.25) is 5.95 Å². The Morgan fingerprint density at radius 2 is 1.88 bits per heavy atom. The van der Waals surface area contributed by atoms with Gasteiger partial charge in [0.25, 0.3) is 5.91 Å². The predicted molar refractivity (Wildman–Crippen MR) is 117 cm³/mol. The molecule has 1 aromatic carbocycles. The monoisotopic (exact) mass is 444 g/mol. The summed E-state index contributed by atoms with van der Waals surface area (Å²) in [6.45, 7) is 1.10. The smallest absolute Gasteiger partial charge is 0.326 e. The van der Waals surface area contributed by atoms with Gasteiger partial charge < -0.3 is 42.9 Å². The summed E-state index contributed by atoms with van der Waals surface area (Å²) >= 11 is 0. The Labute approximate surface area is 182 Å². The average Bonchev–Trinajstić information content (AvgIpc) is 2.75. The van der Waals surface area contributed by atoms with Crippen LogP contribution >= 0.6 is 0 Å². The fourth-order valence-electron chi connectivity index (χ4n) is 3.11. The molecular weight excluding hydrogens is 420 g/mol. The van der Waals surface area contributed by atoms with Crippen LogP contribution in [0.25, 0.3) is 0 Å². The first-order chi connectivity index (χ1) is 15.2. The highest BCUT2D eigenvalue weighted by molar-refractivity contribution is 5.97. The quantitative estimate of drug-likeness (QED) is 0.256. The highest BCUT2D eigenvalue weighted by atomic mass is 16.4. The van der Waals surface area contributed by atoms with E-state index < -0.39 is 23.9 Å². The SMILES string of the molecule is Nc1nc(N)c2c(n1)NCC(CNc1ccc(C(=O)NC(CCC(=O)O)C(=O)O)cc1)N2. The molecule has 2 atom stereocenters. The fourth-order valence-corrected chi connectivity index (χ4v) is 3.11. The molecule has 1 aliphatic heterocycles. The number of aromatic nitrogens is 2. The average molecular weight is 444 g/mol. The second kappa shape index (κ2) is 9.68. The number of nitrogens with one attached hydrogen (secondary N) is 4. The third-order valence-corrected chi connectivity index (χ3v) is 4.77. The van der Waals surface area contributed by atoms with Crippen molar-refractivity contribution in [3.05, 3.63) is 29.8 Å². The Bertz CT molecular complexity index is 1010. The molecule has 1 amide bonds. The van der Waals surface area contributed by atoms with Crippen LogP contribution in [-0.2, 0) is 9.59 Å². The first-order valence-electron chi connectivity index (χ1n) is 9.75. The zero-order valence-electron chi connectivity index (χ0n) is 17.0. The van der Waals surface area contributed by atoms with Crippen molar-refractivity contribution in [1.82, 2.24) is 15.3 Å². The van der Waals surface area contributed by atoms with Crippen LogP contribution in [0.3, 0.4) is 0 Å². The summed E-state index contributed by atoms with van der Waals surface area (Å²) in [6, 6.07) is 5.16. The van der Waals surface area contributed by atoms with Crippen molar-refractivity contribution >= 4 is 46.8 Å². The minimum absolute atomic E-state index is 0.0226. The van der Waals surface area contributed by atoms with Gasteiger partial charge in [-0.15, -0.1) is 0 Å². The molecule has 0 spiro atoms. The Balaban J connectivity index is 1.54. The molecule has 3 rings (SSSR count). The Kier molecular flexibility index (Phi) is 6.77. The maximum absolute atomic E-state index is 12.3. The van der Waals surface area contributed by atoms with Crippen LogP contribution in [0, 0.1) is 0 Å². The standard InChI is InChI=1S/C19H24N8O5/c20-15-14-16(27-19(21)26-15)23-8-11(24-14)7-22-10-3-1-9(2-4-10)17(30)25-12(18(31)32)5-6-13(28)29/h1-4,11-12,22,24H,5-8H2,(H,25,30)(H,28,29)(H,31,32)(H5,20,21,23,26,27). The summed E-state index contributed by atoms with van der Waals surface area (Å²) in [4.78, 5) is 42.2. The first-order valence-corrected chi connectivity index (χ1v) is 9.75. The molecule has 2 aromatic rings. The van der Waals surface area contributed by atoms with Gasteiger partial charge in [-0.3, -0.25) is 9.59 Å². The van der Waals surface area contributed by atoms with E-state index in [0.717, 1.165) is 5.69 Å². The molecule has 2 heterocycles. The second-order valence-electron chi connectivity index (χ2n) is 7.17. The third-order valence-electron chi connectivity index (χ3n) is 4.77. The summed E-state index contributed by atoms with van der Waals surface area (Å²) < 4.78 is 0. The van der Waals surface area contributed by atoms with E-state index in [-0.39, 0.29) is 36.2 Å². The molecule has 0 bridgehead atoms. The zero-order valence-corrected chi connectivity index (χ0v) is 17.0. The van der Waals surface area contributed by atoms with Crippen molar-refractivity contribution in [2.45, 2.75) is 24.9 Å². The van der Waals surface area contributed by atoms with Crippen LogP contribution in [0.1, 0.15) is 23.2 Å². The summed E-state index contributed by atoms with van der Waals surface area (Å²) in [5.41, 5.74) is 13.1. The Morgan fingerprint density at radius 3 is 2.53 bits per heavy atom. The van der Waals surface area contributed by atoms with Crippen LogP contribution in [0.15, 0.2) is 24.3 Å². The minimum atomic E-state index is -1.29. The van der Waals surface area contributed by atoms with Crippen LogP contribution in [0.4, 0.5) is 29.0 Å². The van der Waals surface area contributed by atoms with E-state index in [2.05, 4.69) is 31.2 Å². The van der Waals surface area contributed by atoms with Crippen LogP contribution < -0.4 is 32.7 Å². The van der Waals surface area contributed by atoms with Gasteiger partial charge in [0, 0.05) is 30.8 Å². The summed E-state index contributed by atoms with van der Waals surface area (Å²) in [6.07, 6.45) is -0.566. The first kappa shape index (κ1) is 22.4. The summed E-state index contributed by atoms with van der Waals surface area (Å²) in [7, 11) is 0. The molecule has 32 heavy (non-hydrogen) atoms. The van der Waals surface area contributed by atoms with Crippen molar-refractivity contribution in [3.63, 3.8) is 0 Å². The van der Waals surface area contributed by atoms with Gasteiger partial charge in [-0.25, -0.2) is 4.79 Å². The molecular formula is C19H24N8O5. The lowest BCUT2D eigenvalue weighted by Crippen LogP contribution is -2.41. The van der Waals surface area contributed by atoms with E-state index in [1.807, 2.05) is 0 Å². The number of amides is 1. The Morgan fingerprint density at radius 1 is 1.16 bits per heavy atom. The number of hydrogen-bond donors (Lipinski definition) is 8. The normalized spacial score (nSPS) is 15.4. The molecule has 0 saturated carbocycles. The van der Waals surface area contributed by atoms with E-state index in [1.54, 1.807) is 24.3 Å². The predicted octanol–water partition coefficient (Wildman–Crippen LogP) is 0.00690. The van der Waals surface area contributed by atoms with Gasteiger partial charge >= 0.3 is 11.9 Å². The molecule has 2 unspecified atom stereocenters. The molecule has 13 heteroatoms. The number of fused-ring (bicyclic) bond motifs is 1. The molecule has 0 fully saturated rings. The minimum Gasteiger partial charge on any atom is -0.481 e. The number of nitrogens with two attached hydrogens (primary N) is 2. The van der Waals surface area contributed by atoms with E-state index in [4.69, 9.17) is 21.7 Å². The van der Waals surface area contributed by atoms with E-state index in [0.29, 0.717) is 24.6 Å². The van der Waals surface area contributed by atoms with Crippen molar-refractivity contribution < 1.29 is 24.6 Å². The molecule has 13 nitrogen and oxygen atoms in total. The van der Waals surface area contributed by atoms with Crippen molar-refractivity contribution in [2.24, 2.45) is 0 Å². The topological polar surface area (TPSA) is 218 Å². The number of carboxylic acid groups (broad SMARTS) is 2. The van der Waals surface area contributed by atoms with Crippen molar-refractivity contribution in [1.29, 1.82) is 0 Å². The van der Waals surface area contributed by atoms with Crippen LogP contribution in [0.2, 0.25) is 0 Å². The highest BCUT2D eigenvalue weighted by Crippen LogP contribution is 2.29. The third kappa shape index (κ3) is 5.65. The lowest BCUT2D eigenvalue weighted by Gasteiger charge is -2.28.